The second-order valence-electron chi connectivity index (χ2n) is 2.94. The summed E-state index contributed by atoms with van der Waals surface area (Å²) in [5, 5.41) is 35.9. The van der Waals surface area contributed by atoms with Crippen LogP contribution < -0.4 is 0 Å². The predicted octanol–water partition coefficient (Wildman–Crippen LogP) is -1.96. The van der Waals surface area contributed by atoms with E-state index in [9.17, 15) is 9.90 Å². The molecule has 0 aliphatic carbocycles. The summed E-state index contributed by atoms with van der Waals surface area (Å²) in [4.78, 5) is 10.6. The van der Waals surface area contributed by atoms with Crippen LogP contribution in [0.4, 0.5) is 0 Å². The standard InChI is InChI=1S/C7H14O5/c1-4(9)6(11)7(2,12)5(10)3-8/h5-6,8,10-12H,3H2,1-2H3/t5-,6?,7-/m1/s1. The maximum atomic E-state index is 10.6. The van der Waals surface area contributed by atoms with Gasteiger partial charge in [0, 0.05) is 0 Å². The van der Waals surface area contributed by atoms with E-state index < -0.39 is 30.2 Å². The number of rotatable bonds is 4. The molecule has 3 atom stereocenters. The van der Waals surface area contributed by atoms with Gasteiger partial charge < -0.3 is 20.4 Å². The van der Waals surface area contributed by atoms with Crippen LogP contribution in [0.5, 0.6) is 0 Å². The molecule has 1 unspecified atom stereocenters. The molecule has 0 aliphatic rings. The lowest BCUT2D eigenvalue weighted by Gasteiger charge is -2.30. The molecule has 0 aliphatic heterocycles. The number of aliphatic hydroxyl groups excluding tert-OH is 3. The van der Waals surface area contributed by atoms with E-state index in [1.54, 1.807) is 0 Å². The molecule has 0 aromatic heterocycles. The fourth-order valence-corrected chi connectivity index (χ4v) is 0.779. The number of carbonyl (C=O) groups is 1. The molecule has 5 nitrogen and oxygen atoms in total. The highest BCUT2D eigenvalue weighted by molar-refractivity contribution is 5.81. The van der Waals surface area contributed by atoms with Crippen LogP contribution in [-0.4, -0.2) is 50.6 Å². The summed E-state index contributed by atoms with van der Waals surface area (Å²) in [5.74, 6) is -0.660. The summed E-state index contributed by atoms with van der Waals surface area (Å²) in [6.45, 7) is 1.46. The van der Waals surface area contributed by atoms with Gasteiger partial charge in [0.05, 0.1) is 6.61 Å². The monoisotopic (exact) mass is 178 g/mol. The van der Waals surface area contributed by atoms with Crippen LogP contribution in [0.2, 0.25) is 0 Å². The predicted molar refractivity (Wildman–Crippen MR) is 40.4 cm³/mol. The summed E-state index contributed by atoms with van der Waals surface area (Å²) >= 11 is 0. The minimum absolute atomic E-state index is 0.660. The summed E-state index contributed by atoms with van der Waals surface area (Å²) in [7, 11) is 0. The molecule has 0 radical (unpaired) electrons. The van der Waals surface area contributed by atoms with Gasteiger partial charge in [-0.15, -0.1) is 0 Å². The van der Waals surface area contributed by atoms with Crippen LogP contribution in [0.1, 0.15) is 13.8 Å². The Labute approximate surface area is 70.3 Å². The SMILES string of the molecule is CC(=O)C(O)[C@](C)(O)[C@H](O)CO. The van der Waals surface area contributed by atoms with Gasteiger partial charge >= 0.3 is 0 Å². The van der Waals surface area contributed by atoms with Crippen LogP contribution in [-0.2, 0) is 4.79 Å². The fraction of sp³-hybridized carbons (Fsp3) is 0.857. The Balaban J connectivity index is 4.48. The van der Waals surface area contributed by atoms with Gasteiger partial charge in [0.2, 0.25) is 0 Å². The summed E-state index contributed by atoms with van der Waals surface area (Å²) in [6.07, 6.45) is -3.21. The van der Waals surface area contributed by atoms with Gasteiger partial charge in [-0.1, -0.05) is 0 Å². The van der Waals surface area contributed by atoms with Crippen molar-refractivity contribution in [2.45, 2.75) is 31.7 Å². The second kappa shape index (κ2) is 3.95. The third-order valence-corrected chi connectivity index (χ3v) is 1.79. The number of hydrogen-bond donors (Lipinski definition) is 4. The molecule has 0 fully saturated rings. The third-order valence-electron chi connectivity index (χ3n) is 1.79. The zero-order valence-corrected chi connectivity index (χ0v) is 7.06. The Bertz CT molecular complexity index is 165. The van der Waals surface area contributed by atoms with Crippen LogP contribution in [0, 0.1) is 0 Å². The van der Waals surface area contributed by atoms with Gasteiger partial charge in [0.15, 0.2) is 5.78 Å². The Morgan fingerprint density at radius 3 is 2.17 bits per heavy atom. The van der Waals surface area contributed by atoms with Crippen LogP contribution in [0.25, 0.3) is 0 Å². The van der Waals surface area contributed by atoms with Gasteiger partial charge in [0.25, 0.3) is 0 Å². The average molecular weight is 178 g/mol. The van der Waals surface area contributed by atoms with E-state index in [-0.39, 0.29) is 0 Å². The topological polar surface area (TPSA) is 98.0 Å². The Hall–Kier alpha value is -0.490. The van der Waals surface area contributed by atoms with E-state index in [4.69, 9.17) is 15.3 Å². The van der Waals surface area contributed by atoms with E-state index in [2.05, 4.69) is 0 Å². The molecule has 0 spiro atoms. The molecule has 0 saturated heterocycles. The number of ketones is 1. The third kappa shape index (κ3) is 2.25. The lowest BCUT2D eigenvalue weighted by atomic mass is 9.90. The highest BCUT2D eigenvalue weighted by Gasteiger charge is 2.40. The van der Waals surface area contributed by atoms with Crippen molar-refractivity contribution in [1.82, 2.24) is 0 Å². The lowest BCUT2D eigenvalue weighted by molar-refractivity contribution is -0.162. The van der Waals surface area contributed by atoms with Crippen molar-refractivity contribution in [3.05, 3.63) is 0 Å². The molecule has 0 aromatic carbocycles. The van der Waals surface area contributed by atoms with E-state index >= 15 is 0 Å². The number of Topliss-reactive ketones (excluding diaryl/α,β-unsaturated/α-hetero) is 1. The van der Waals surface area contributed by atoms with E-state index in [1.807, 2.05) is 0 Å². The van der Waals surface area contributed by atoms with E-state index in [1.165, 1.54) is 0 Å². The van der Waals surface area contributed by atoms with Crippen molar-refractivity contribution in [3.8, 4) is 0 Å². The number of hydrogen-bond acceptors (Lipinski definition) is 5. The molecular weight excluding hydrogens is 164 g/mol. The summed E-state index contributed by atoms with van der Waals surface area (Å²) < 4.78 is 0. The Morgan fingerprint density at radius 1 is 1.50 bits per heavy atom. The lowest BCUT2D eigenvalue weighted by Crippen LogP contribution is -2.53. The van der Waals surface area contributed by atoms with E-state index in [0.29, 0.717) is 0 Å². The molecule has 0 saturated carbocycles. The van der Waals surface area contributed by atoms with E-state index in [0.717, 1.165) is 13.8 Å². The first kappa shape index (κ1) is 11.5. The highest BCUT2D eigenvalue weighted by atomic mass is 16.4. The summed E-state index contributed by atoms with van der Waals surface area (Å²) in [5.41, 5.74) is -2.00. The van der Waals surface area contributed by atoms with Gasteiger partial charge in [-0.05, 0) is 13.8 Å². The van der Waals surface area contributed by atoms with Crippen molar-refractivity contribution in [3.63, 3.8) is 0 Å². The molecule has 4 N–H and O–H groups in total. The first-order valence-corrected chi connectivity index (χ1v) is 3.53. The van der Waals surface area contributed by atoms with Crippen molar-refractivity contribution in [2.24, 2.45) is 0 Å². The van der Waals surface area contributed by atoms with Gasteiger partial charge in [-0.3, -0.25) is 4.79 Å². The zero-order valence-electron chi connectivity index (χ0n) is 7.06. The summed E-state index contributed by atoms with van der Waals surface area (Å²) in [6, 6.07) is 0. The Morgan fingerprint density at radius 2 is 1.92 bits per heavy atom. The smallest absolute Gasteiger partial charge is 0.161 e. The molecule has 0 amide bonds. The fourth-order valence-electron chi connectivity index (χ4n) is 0.779. The van der Waals surface area contributed by atoms with Gasteiger partial charge in [-0.2, -0.15) is 0 Å². The molecule has 5 heteroatoms. The second-order valence-corrected chi connectivity index (χ2v) is 2.94. The maximum absolute atomic E-state index is 10.6. The quantitative estimate of drug-likeness (QED) is 0.401. The Kier molecular flexibility index (Phi) is 3.79. The number of carbonyl (C=O) groups excluding carboxylic acids is 1. The van der Waals surface area contributed by atoms with Crippen molar-refractivity contribution >= 4 is 5.78 Å². The molecule has 0 aromatic rings. The first-order valence-electron chi connectivity index (χ1n) is 3.53. The molecular formula is C7H14O5. The molecule has 0 rings (SSSR count). The van der Waals surface area contributed by atoms with Crippen LogP contribution >= 0.6 is 0 Å². The van der Waals surface area contributed by atoms with Crippen LogP contribution in [0.3, 0.4) is 0 Å². The van der Waals surface area contributed by atoms with Gasteiger partial charge in [0.1, 0.15) is 17.8 Å². The first-order chi connectivity index (χ1) is 5.34. The van der Waals surface area contributed by atoms with Crippen molar-refractivity contribution in [2.75, 3.05) is 6.61 Å². The van der Waals surface area contributed by atoms with Crippen molar-refractivity contribution in [1.29, 1.82) is 0 Å². The largest absolute Gasteiger partial charge is 0.394 e. The minimum Gasteiger partial charge on any atom is -0.394 e. The minimum atomic E-state index is -2.00. The van der Waals surface area contributed by atoms with Crippen LogP contribution in [0.15, 0.2) is 0 Å². The average Bonchev–Trinajstić information content (AvgIpc) is 2.01. The van der Waals surface area contributed by atoms with Gasteiger partial charge in [-0.25, -0.2) is 0 Å². The van der Waals surface area contributed by atoms with Crippen molar-refractivity contribution < 1.29 is 25.2 Å². The number of aliphatic hydroxyl groups is 4. The molecule has 0 heterocycles. The molecule has 12 heavy (non-hydrogen) atoms. The zero-order chi connectivity index (χ0) is 9.94. The molecule has 72 valence electrons. The maximum Gasteiger partial charge on any atom is 0.161 e. The molecule has 0 bridgehead atoms. The normalized spacial score (nSPS) is 21.2. The highest BCUT2D eigenvalue weighted by Crippen LogP contribution is 2.15.